The van der Waals surface area contributed by atoms with Crippen molar-refractivity contribution in [2.75, 3.05) is 6.61 Å². The van der Waals surface area contributed by atoms with Gasteiger partial charge in [0.2, 0.25) is 0 Å². The molecule has 0 aliphatic heterocycles. The molecule has 0 rings (SSSR count). The van der Waals surface area contributed by atoms with Crippen LogP contribution in [-0.2, 0) is 4.43 Å². The molecule has 86 valence electrons. The first-order valence-corrected chi connectivity index (χ1v) is 6.95. The van der Waals surface area contributed by atoms with Gasteiger partial charge in [0.05, 0.1) is 0 Å². The van der Waals surface area contributed by atoms with Crippen molar-refractivity contribution < 1.29 is 18.8 Å². The zero-order valence-electron chi connectivity index (χ0n) is 9.29. The highest BCUT2D eigenvalue weighted by Gasteiger charge is 2.32. The van der Waals surface area contributed by atoms with Crippen molar-refractivity contribution >= 4 is 9.05 Å². The lowest BCUT2D eigenvalue weighted by molar-refractivity contribution is 0.0463. The van der Waals surface area contributed by atoms with Crippen LogP contribution in [-0.4, -0.2) is 30.0 Å². The smallest absolute Gasteiger partial charge is 0.368 e. The summed E-state index contributed by atoms with van der Waals surface area (Å²) in [6.07, 6.45) is 3.88. The molecule has 0 fully saturated rings. The van der Waals surface area contributed by atoms with Crippen molar-refractivity contribution in [1.29, 1.82) is 0 Å². The third-order valence-electron chi connectivity index (χ3n) is 3.18. The molecule has 4 nitrogen and oxygen atoms in total. The van der Waals surface area contributed by atoms with Crippen LogP contribution >= 0.6 is 0 Å². The lowest BCUT2D eigenvalue weighted by Gasteiger charge is -2.30. The van der Waals surface area contributed by atoms with Gasteiger partial charge in [0, 0.05) is 6.61 Å². The Morgan fingerprint density at radius 3 is 1.71 bits per heavy atom. The van der Waals surface area contributed by atoms with Gasteiger partial charge in [0.1, 0.15) is 0 Å². The zero-order chi connectivity index (χ0) is 11.2. The van der Waals surface area contributed by atoms with Crippen LogP contribution in [0.3, 0.4) is 0 Å². The Kier molecular flexibility index (Phi) is 5.85. The second-order valence-electron chi connectivity index (χ2n) is 3.73. The molecule has 0 saturated carbocycles. The highest BCUT2D eigenvalue weighted by molar-refractivity contribution is 6.48. The minimum Gasteiger partial charge on any atom is -0.368 e. The lowest BCUT2D eigenvalue weighted by atomic mass is 9.77. The molecule has 0 amide bonds. The van der Waals surface area contributed by atoms with Crippen molar-refractivity contribution in [3.8, 4) is 0 Å². The monoisotopic (exact) mass is 222 g/mol. The molecule has 3 N–H and O–H groups in total. The fourth-order valence-corrected chi connectivity index (χ4v) is 2.06. The van der Waals surface area contributed by atoms with Gasteiger partial charge in [0.15, 0.2) is 0 Å². The molecule has 0 aliphatic carbocycles. The molecule has 0 bridgehead atoms. The fraction of sp³-hybridized carbons (Fsp3) is 1.00. The average molecular weight is 222 g/mol. The fourth-order valence-electron chi connectivity index (χ4n) is 1.68. The van der Waals surface area contributed by atoms with Crippen molar-refractivity contribution in [3.05, 3.63) is 0 Å². The molecule has 5 heteroatoms. The predicted molar refractivity (Wildman–Crippen MR) is 56.3 cm³/mol. The molecular weight excluding hydrogens is 200 g/mol. The lowest BCUT2D eigenvalue weighted by Crippen LogP contribution is -2.40. The maximum atomic E-state index is 8.66. The standard InChI is InChI=1S/C9H22O4Si/c1-4-9(5-2,6-3)7-8-13-14(10,11)12/h10-12H,4-8H2,1-3H3. The van der Waals surface area contributed by atoms with Crippen LogP contribution < -0.4 is 0 Å². The summed E-state index contributed by atoms with van der Waals surface area (Å²) in [5.74, 6) is 0. The first-order valence-electron chi connectivity index (χ1n) is 5.20. The van der Waals surface area contributed by atoms with Gasteiger partial charge >= 0.3 is 9.05 Å². The molecule has 14 heavy (non-hydrogen) atoms. The average Bonchev–Trinajstić information content (AvgIpc) is 2.11. The molecule has 0 unspecified atom stereocenters. The van der Waals surface area contributed by atoms with Gasteiger partial charge in [0.25, 0.3) is 0 Å². The quantitative estimate of drug-likeness (QED) is 0.563. The van der Waals surface area contributed by atoms with Crippen LogP contribution in [0.25, 0.3) is 0 Å². The third-order valence-corrected chi connectivity index (χ3v) is 3.77. The topological polar surface area (TPSA) is 69.9 Å². The molecule has 0 aromatic heterocycles. The van der Waals surface area contributed by atoms with Crippen LogP contribution in [0.5, 0.6) is 0 Å². The first-order chi connectivity index (χ1) is 6.39. The van der Waals surface area contributed by atoms with E-state index in [4.69, 9.17) is 14.4 Å². The van der Waals surface area contributed by atoms with E-state index in [0.29, 0.717) is 0 Å². The molecule has 0 aliphatic rings. The molecule has 0 saturated heterocycles. The summed E-state index contributed by atoms with van der Waals surface area (Å²) in [6, 6.07) is 0. The maximum Gasteiger partial charge on any atom is 0.671 e. The van der Waals surface area contributed by atoms with E-state index in [2.05, 4.69) is 25.2 Å². The Hall–Kier alpha value is 0.0569. The van der Waals surface area contributed by atoms with E-state index in [1.54, 1.807) is 0 Å². The van der Waals surface area contributed by atoms with E-state index in [-0.39, 0.29) is 12.0 Å². The predicted octanol–water partition coefficient (Wildman–Crippen LogP) is 1.02. The summed E-state index contributed by atoms with van der Waals surface area (Å²) in [5.41, 5.74) is 0.208. The Balaban J connectivity index is 3.95. The highest BCUT2D eigenvalue weighted by Crippen LogP contribution is 2.34. The van der Waals surface area contributed by atoms with E-state index in [1.807, 2.05) is 0 Å². The van der Waals surface area contributed by atoms with Crippen LogP contribution in [0.1, 0.15) is 46.5 Å². The van der Waals surface area contributed by atoms with Gasteiger partial charge in [-0.15, -0.1) is 0 Å². The summed E-state index contributed by atoms with van der Waals surface area (Å²) in [4.78, 5) is 26.0. The molecule has 0 spiro atoms. The van der Waals surface area contributed by atoms with Crippen LogP contribution in [0.15, 0.2) is 0 Å². The van der Waals surface area contributed by atoms with E-state index in [0.717, 1.165) is 25.7 Å². The molecule has 0 radical (unpaired) electrons. The third kappa shape index (κ3) is 5.07. The molecule has 0 aromatic carbocycles. The normalized spacial score (nSPS) is 13.3. The summed E-state index contributed by atoms with van der Waals surface area (Å²) in [7, 11) is -4.30. The minimum absolute atomic E-state index is 0.208. The summed E-state index contributed by atoms with van der Waals surface area (Å²) in [5, 5.41) is 0. The first kappa shape index (κ1) is 14.1. The number of hydrogen-bond donors (Lipinski definition) is 3. The minimum atomic E-state index is -4.30. The van der Waals surface area contributed by atoms with Gasteiger partial charge in [-0.25, -0.2) is 0 Å². The van der Waals surface area contributed by atoms with Gasteiger partial charge in [-0.1, -0.05) is 40.0 Å². The summed E-state index contributed by atoms with van der Waals surface area (Å²) in [6.45, 7) is 6.57. The van der Waals surface area contributed by atoms with Gasteiger partial charge in [-0.2, -0.15) is 0 Å². The Morgan fingerprint density at radius 2 is 1.43 bits per heavy atom. The SMILES string of the molecule is CCC(CC)(CC)CCO[Si](O)(O)O. The molecule has 0 aromatic rings. The number of hydrogen-bond acceptors (Lipinski definition) is 4. The van der Waals surface area contributed by atoms with Crippen molar-refractivity contribution in [2.45, 2.75) is 46.5 Å². The van der Waals surface area contributed by atoms with E-state index < -0.39 is 9.05 Å². The van der Waals surface area contributed by atoms with Crippen molar-refractivity contribution in [1.82, 2.24) is 0 Å². The van der Waals surface area contributed by atoms with Crippen LogP contribution in [0.2, 0.25) is 0 Å². The van der Waals surface area contributed by atoms with Crippen LogP contribution in [0.4, 0.5) is 0 Å². The van der Waals surface area contributed by atoms with E-state index in [9.17, 15) is 0 Å². The van der Waals surface area contributed by atoms with Gasteiger partial charge in [-0.3, -0.25) is 0 Å². The second-order valence-corrected chi connectivity index (χ2v) is 5.17. The molecule has 0 heterocycles. The Labute approximate surface area is 87.0 Å². The second kappa shape index (κ2) is 5.82. The van der Waals surface area contributed by atoms with E-state index in [1.165, 1.54) is 0 Å². The Morgan fingerprint density at radius 1 is 1.00 bits per heavy atom. The summed E-state index contributed by atoms with van der Waals surface area (Å²) < 4.78 is 4.60. The van der Waals surface area contributed by atoms with Gasteiger partial charge in [-0.05, 0) is 11.8 Å². The van der Waals surface area contributed by atoms with Crippen molar-refractivity contribution in [2.24, 2.45) is 5.41 Å². The maximum absolute atomic E-state index is 8.66. The zero-order valence-corrected chi connectivity index (χ0v) is 10.3. The molecular formula is C9H22O4Si. The van der Waals surface area contributed by atoms with Crippen LogP contribution in [0, 0.1) is 5.41 Å². The molecule has 0 atom stereocenters. The van der Waals surface area contributed by atoms with Gasteiger partial charge < -0.3 is 18.8 Å². The largest absolute Gasteiger partial charge is 0.671 e. The van der Waals surface area contributed by atoms with E-state index >= 15 is 0 Å². The summed E-state index contributed by atoms with van der Waals surface area (Å²) >= 11 is 0. The Bertz CT molecular complexity index is 143. The highest BCUT2D eigenvalue weighted by atomic mass is 28.4. The number of rotatable bonds is 7. The van der Waals surface area contributed by atoms with Crippen molar-refractivity contribution in [3.63, 3.8) is 0 Å².